The Morgan fingerprint density at radius 3 is 2.65 bits per heavy atom. The standard InChI is InChI=1S/C18H20N4O3S/c1-13-6-4-5-7-16(13)25-10-11-26-18-19-20-21-22(18)15-12-14(23-2)8-9-17(15)24-3/h4-9,12H,10-11H2,1-3H3. The Hall–Kier alpha value is -2.74. The van der Waals surface area contributed by atoms with Crippen molar-refractivity contribution in [2.45, 2.75) is 12.1 Å². The van der Waals surface area contributed by atoms with E-state index in [2.05, 4.69) is 15.5 Å². The largest absolute Gasteiger partial charge is 0.497 e. The topological polar surface area (TPSA) is 71.3 Å². The second-order valence-corrected chi connectivity index (χ2v) is 6.44. The molecule has 136 valence electrons. The van der Waals surface area contributed by atoms with Crippen molar-refractivity contribution in [1.29, 1.82) is 0 Å². The van der Waals surface area contributed by atoms with Crippen molar-refractivity contribution in [1.82, 2.24) is 20.2 Å². The normalized spacial score (nSPS) is 10.6. The number of methoxy groups -OCH3 is 2. The van der Waals surface area contributed by atoms with Crippen molar-refractivity contribution >= 4 is 11.8 Å². The molecule has 2 aromatic carbocycles. The summed E-state index contributed by atoms with van der Waals surface area (Å²) in [6, 6.07) is 13.4. The Balaban J connectivity index is 1.68. The van der Waals surface area contributed by atoms with Crippen molar-refractivity contribution in [3.05, 3.63) is 48.0 Å². The van der Waals surface area contributed by atoms with E-state index in [0.29, 0.717) is 29.0 Å². The first-order valence-electron chi connectivity index (χ1n) is 8.05. The van der Waals surface area contributed by atoms with Crippen LogP contribution in [0.3, 0.4) is 0 Å². The molecule has 0 bridgehead atoms. The molecule has 0 aliphatic carbocycles. The van der Waals surface area contributed by atoms with Crippen LogP contribution in [0.5, 0.6) is 17.2 Å². The van der Waals surface area contributed by atoms with Gasteiger partial charge in [-0.05, 0) is 41.1 Å². The van der Waals surface area contributed by atoms with Gasteiger partial charge in [0.25, 0.3) is 0 Å². The van der Waals surface area contributed by atoms with Gasteiger partial charge in [-0.1, -0.05) is 30.0 Å². The molecule has 0 saturated carbocycles. The predicted octanol–water partition coefficient (Wildman–Crippen LogP) is 3.16. The lowest BCUT2D eigenvalue weighted by Crippen LogP contribution is -2.05. The zero-order chi connectivity index (χ0) is 18.4. The summed E-state index contributed by atoms with van der Waals surface area (Å²) in [5, 5.41) is 12.6. The highest BCUT2D eigenvalue weighted by Crippen LogP contribution is 2.29. The summed E-state index contributed by atoms with van der Waals surface area (Å²) in [6.45, 7) is 2.58. The van der Waals surface area contributed by atoms with E-state index >= 15 is 0 Å². The van der Waals surface area contributed by atoms with Crippen molar-refractivity contribution in [3.63, 3.8) is 0 Å². The van der Waals surface area contributed by atoms with Crippen LogP contribution >= 0.6 is 11.8 Å². The summed E-state index contributed by atoms with van der Waals surface area (Å²) in [7, 11) is 3.22. The summed E-state index contributed by atoms with van der Waals surface area (Å²) in [5.74, 6) is 2.97. The zero-order valence-corrected chi connectivity index (χ0v) is 15.7. The molecule has 0 saturated heterocycles. The fourth-order valence-corrected chi connectivity index (χ4v) is 3.09. The number of para-hydroxylation sites is 1. The van der Waals surface area contributed by atoms with Gasteiger partial charge >= 0.3 is 0 Å². The Labute approximate surface area is 156 Å². The molecule has 0 radical (unpaired) electrons. The monoisotopic (exact) mass is 372 g/mol. The zero-order valence-electron chi connectivity index (χ0n) is 14.9. The molecule has 3 rings (SSSR count). The van der Waals surface area contributed by atoms with Gasteiger partial charge in [0.05, 0.1) is 20.8 Å². The molecular weight excluding hydrogens is 352 g/mol. The third kappa shape index (κ3) is 4.08. The summed E-state index contributed by atoms with van der Waals surface area (Å²) in [4.78, 5) is 0. The Morgan fingerprint density at radius 1 is 1.04 bits per heavy atom. The van der Waals surface area contributed by atoms with E-state index < -0.39 is 0 Å². The van der Waals surface area contributed by atoms with Crippen LogP contribution in [0.1, 0.15) is 5.56 Å². The molecule has 0 aliphatic heterocycles. The number of ether oxygens (including phenoxy) is 3. The Bertz CT molecular complexity index is 869. The molecule has 1 aromatic heterocycles. The lowest BCUT2D eigenvalue weighted by molar-refractivity contribution is 0.341. The second-order valence-electron chi connectivity index (χ2n) is 5.37. The molecule has 1 heterocycles. The number of thioether (sulfide) groups is 1. The molecule has 0 atom stereocenters. The van der Waals surface area contributed by atoms with Gasteiger partial charge < -0.3 is 14.2 Å². The number of nitrogens with zero attached hydrogens (tertiary/aromatic N) is 4. The third-order valence-corrected chi connectivity index (χ3v) is 4.60. The van der Waals surface area contributed by atoms with Crippen LogP contribution < -0.4 is 14.2 Å². The molecular formula is C18H20N4O3S. The number of hydrogen-bond acceptors (Lipinski definition) is 7. The van der Waals surface area contributed by atoms with Gasteiger partial charge in [0.15, 0.2) is 0 Å². The number of aryl methyl sites for hydroxylation is 1. The molecule has 0 N–H and O–H groups in total. The average Bonchev–Trinajstić information content (AvgIpc) is 3.14. The summed E-state index contributed by atoms with van der Waals surface area (Å²) < 4.78 is 18.2. The fraction of sp³-hybridized carbons (Fsp3) is 0.278. The SMILES string of the molecule is COc1ccc(OC)c(-n2nnnc2SCCOc2ccccc2C)c1. The maximum atomic E-state index is 5.82. The van der Waals surface area contributed by atoms with Gasteiger partial charge in [-0.3, -0.25) is 0 Å². The van der Waals surface area contributed by atoms with Gasteiger partial charge in [-0.25, -0.2) is 0 Å². The van der Waals surface area contributed by atoms with Crippen LogP contribution in [0.25, 0.3) is 5.69 Å². The summed E-state index contributed by atoms with van der Waals surface area (Å²) in [6.07, 6.45) is 0. The highest BCUT2D eigenvalue weighted by atomic mass is 32.2. The fourth-order valence-electron chi connectivity index (χ4n) is 2.39. The Kier molecular flexibility index (Phi) is 5.96. The first-order chi connectivity index (χ1) is 12.7. The lowest BCUT2D eigenvalue weighted by Gasteiger charge is -2.11. The van der Waals surface area contributed by atoms with Crippen molar-refractivity contribution in [3.8, 4) is 22.9 Å². The molecule has 0 amide bonds. The van der Waals surface area contributed by atoms with Gasteiger partial charge in [-0.15, -0.1) is 5.10 Å². The number of hydrogen-bond donors (Lipinski definition) is 0. The minimum atomic E-state index is 0.553. The molecule has 0 unspecified atom stereocenters. The number of rotatable bonds is 8. The molecule has 0 spiro atoms. The maximum absolute atomic E-state index is 5.82. The van der Waals surface area contributed by atoms with Crippen LogP contribution in [0.4, 0.5) is 0 Å². The van der Waals surface area contributed by atoms with Gasteiger partial charge in [0.1, 0.15) is 22.9 Å². The van der Waals surface area contributed by atoms with E-state index in [1.165, 1.54) is 11.8 Å². The van der Waals surface area contributed by atoms with Crippen LogP contribution in [0.2, 0.25) is 0 Å². The van der Waals surface area contributed by atoms with Crippen LogP contribution in [0, 0.1) is 6.92 Å². The maximum Gasteiger partial charge on any atom is 0.214 e. The van der Waals surface area contributed by atoms with E-state index in [0.717, 1.165) is 17.0 Å². The van der Waals surface area contributed by atoms with Crippen LogP contribution in [-0.2, 0) is 0 Å². The number of benzene rings is 2. The van der Waals surface area contributed by atoms with E-state index in [1.54, 1.807) is 18.9 Å². The van der Waals surface area contributed by atoms with E-state index in [-0.39, 0.29) is 0 Å². The van der Waals surface area contributed by atoms with Crippen molar-refractivity contribution in [2.75, 3.05) is 26.6 Å². The summed E-state index contributed by atoms with van der Waals surface area (Å²) >= 11 is 1.51. The van der Waals surface area contributed by atoms with Crippen molar-refractivity contribution in [2.24, 2.45) is 0 Å². The van der Waals surface area contributed by atoms with Crippen LogP contribution in [-0.4, -0.2) is 46.8 Å². The molecule has 0 aliphatic rings. The van der Waals surface area contributed by atoms with E-state index in [4.69, 9.17) is 14.2 Å². The Morgan fingerprint density at radius 2 is 1.88 bits per heavy atom. The molecule has 26 heavy (non-hydrogen) atoms. The molecule has 8 heteroatoms. The first kappa shape index (κ1) is 18.1. The van der Waals surface area contributed by atoms with E-state index in [1.807, 2.05) is 49.4 Å². The lowest BCUT2D eigenvalue weighted by atomic mass is 10.2. The second kappa shape index (κ2) is 8.57. The highest BCUT2D eigenvalue weighted by molar-refractivity contribution is 7.99. The van der Waals surface area contributed by atoms with Crippen LogP contribution in [0.15, 0.2) is 47.6 Å². The number of tetrazole rings is 1. The van der Waals surface area contributed by atoms with Gasteiger partial charge in [0.2, 0.25) is 5.16 Å². The third-order valence-electron chi connectivity index (χ3n) is 3.72. The minimum Gasteiger partial charge on any atom is -0.497 e. The van der Waals surface area contributed by atoms with Gasteiger partial charge in [-0.2, -0.15) is 4.68 Å². The van der Waals surface area contributed by atoms with E-state index in [9.17, 15) is 0 Å². The minimum absolute atomic E-state index is 0.553. The average molecular weight is 372 g/mol. The summed E-state index contributed by atoms with van der Waals surface area (Å²) in [5.41, 5.74) is 1.84. The first-order valence-corrected chi connectivity index (χ1v) is 9.03. The van der Waals surface area contributed by atoms with Gasteiger partial charge in [0, 0.05) is 11.8 Å². The molecule has 0 fully saturated rings. The molecule has 3 aromatic rings. The number of aromatic nitrogens is 4. The molecule has 7 nitrogen and oxygen atoms in total. The highest BCUT2D eigenvalue weighted by Gasteiger charge is 2.14. The smallest absolute Gasteiger partial charge is 0.214 e. The quantitative estimate of drug-likeness (QED) is 0.444. The van der Waals surface area contributed by atoms with Crippen molar-refractivity contribution < 1.29 is 14.2 Å². The predicted molar refractivity (Wildman–Crippen MR) is 99.7 cm³/mol.